The predicted molar refractivity (Wildman–Crippen MR) is 83.4 cm³/mol. The molecule has 3 rings (SSSR count). The first-order valence-electron chi connectivity index (χ1n) is 6.12. The summed E-state index contributed by atoms with van der Waals surface area (Å²) < 4.78 is 23.9. The third-order valence-corrected chi connectivity index (χ3v) is 5.11. The zero-order valence-electron chi connectivity index (χ0n) is 11.1. The molecule has 0 aliphatic carbocycles. The Hall–Kier alpha value is -2.29. The van der Waals surface area contributed by atoms with Gasteiger partial charge >= 0.3 is 5.97 Å². The lowest BCUT2D eigenvalue weighted by Gasteiger charge is -2.05. The van der Waals surface area contributed by atoms with Crippen LogP contribution in [-0.4, -0.2) is 24.5 Å². The summed E-state index contributed by atoms with van der Waals surface area (Å²) >= 11 is 1.40. The molecule has 0 spiro atoms. The highest BCUT2D eigenvalue weighted by Gasteiger charge is 2.20. The zero-order valence-corrected chi connectivity index (χ0v) is 12.7. The number of aromatic nitrogens is 1. The van der Waals surface area contributed by atoms with E-state index in [1.54, 1.807) is 0 Å². The van der Waals surface area contributed by atoms with Gasteiger partial charge in [-0.3, -0.25) is 0 Å². The maximum atomic E-state index is 11.4. The summed E-state index contributed by atoms with van der Waals surface area (Å²) in [4.78, 5) is 15.3. The number of thiazole rings is 1. The molecule has 0 radical (unpaired) electrons. The molecule has 6 nitrogen and oxygen atoms in total. The summed E-state index contributed by atoms with van der Waals surface area (Å²) in [6, 6.07) is 11.5. The average Bonchev–Trinajstić information content (AvgIpc) is 2.89. The first kappa shape index (κ1) is 14.6. The first-order valence-corrected chi connectivity index (χ1v) is 8.48. The van der Waals surface area contributed by atoms with E-state index in [1.807, 2.05) is 24.3 Å². The van der Waals surface area contributed by atoms with E-state index in [4.69, 9.17) is 5.14 Å². The summed E-state index contributed by atoms with van der Waals surface area (Å²) in [7, 11) is -4.10. The van der Waals surface area contributed by atoms with Crippen LogP contribution in [0.3, 0.4) is 0 Å². The summed E-state index contributed by atoms with van der Waals surface area (Å²) in [6.07, 6.45) is 0. The highest BCUT2D eigenvalue weighted by Crippen LogP contribution is 2.31. The van der Waals surface area contributed by atoms with E-state index in [2.05, 4.69) is 4.98 Å². The van der Waals surface area contributed by atoms with Gasteiger partial charge in [0.1, 0.15) is 5.01 Å². The second-order valence-corrected chi connectivity index (χ2v) is 7.11. The molecule has 0 amide bonds. The highest BCUT2D eigenvalue weighted by atomic mass is 32.2. The van der Waals surface area contributed by atoms with Gasteiger partial charge in [0.15, 0.2) is 0 Å². The van der Waals surface area contributed by atoms with Gasteiger partial charge in [-0.1, -0.05) is 18.2 Å². The Morgan fingerprint density at radius 1 is 1.18 bits per heavy atom. The Balaban J connectivity index is 2.20. The lowest BCUT2D eigenvalue weighted by atomic mass is 10.1. The van der Waals surface area contributed by atoms with Gasteiger partial charge in [-0.05, 0) is 24.3 Å². The number of nitrogens with two attached hydrogens (primary N) is 1. The number of fused-ring (bicyclic) bond motifs is 1. The quantitative estimate of drug-likeness (QED) is 0.763. The number of aromatic carboxylic acids is 1. The topological polar surface area (TPSA) is 110 Å². The van der Waals surface area contributed by atoms with E-state index in [9.17, 15) is 18.3 Å². The number of benzene rings is 2. The molecule has 3 N–H and O–H groups in total. The van der Waals surface area contributed by atoms with E-state index in [-0.39, 0.29) is 5.56 Å². The minimum Gasteiger partial charge on any atom is -0.478 e. The molecule has 2 aromatic carbocycles. The van der Waals surface area contributed by atoms with Gasteiger partial charge in [-0.15, -0.1) is 11.3 Å². The molecule has 0 unspecified atom stereocenters. The van der Waals surface area contributed by atoms with Crippen LogP contribution >= 0.6 is 11.3 Å². The van der Waals surface area contributed by atoms with Crippen molar-refractivity contribution in [1.29, 1.82) is 0 Å². The van der Waals surface area contributed by atoms with E-state index >= 15 is 0 Å². The lowest BCUT2D eigenvalue weighted by molar-refractivity contribution is 0.0692. The van der Waals surface area contributed by atoms with Gasteiger partial charge in [-0.2, -0.15) is 0 Å². The number of sulfonamides is 1. The van der Waals surface area contributed by atoms with Crippen LogP contribution in [0.5, 0.6) is 0 Å². The second-order valence-electron chi connectivity index (χ2n) is 4.55. The maximum Gasteiger partial charge on any atom is 0.337 e. The molecule has 22 heavy (non-hydrogen) atoms. The van der Waals surface area contributed by atoms with Crippen molar-refractivity contribution in [3.8, 4) is 10.6 Å². The predicted octanol–water partition coefficient (Wildman–Crippen LogP) is 2.31. The molecule has 3 aromatic rings. The third-order valence-electron chi connectivity index (χ3n) is 3.06. The van der Waals surface area contributed by atoms with Crippen LogP contribution in [0.1, 0.15) is 10.4 Å². The average molecular weight is 334 g/mol. The number of hydrogen-bond acceptors (Lipinski definition) is 5. The summed E-state index contributed by atoms with van der Waals surface area (Å²) in [5.74, 6) is -1.35. The van der Waals surface area contributed by atoms with Crippen molar-refractivity contribution >= 4 is 37.5 Å². The number of carboxylic acids is 1. The molecule has 1 aromatic heterocycles. The molecule has 0 saturated carbocycles. The largest absolute Gasteiger partial charge is 0.478 e. The van der Waals surface area contributed by atoms with Crippen molar-refractivity contribution in [3.05, 3.63) is 48.0 Å². The Morgan fingerprint density at radius 3 is 2.55 bits per heavy atom. The van der Waals surface area contributed by atoms with E-state index in [0.29, 0.717) is 10.6 Å². The molecule has 0 bridgehead atoms. The van der Waals surface area contributed by atoms with Crippen LogP contribution in [0.15, 0.2) is 47.4 Å². The minimum absolute atomic E-state index is 0.362. The van der Waals surface area contributed by atoms with Crippen molar-refractivity contribution in [2.24, 2.45) is 5.14 Å². The SMILES string of the molecule is NS(=O)(=O)c1ccc(-c2nc3ccccc3s2)cc1C(=O)O. The summed E-state index contributed by atoms with van der Waals surface area (Å²) in [5.41, 5.74) is 0.972. The Kier molecular flexibility index (Phi) is 3.44. The first-order chi connectivity index (χ1) is 10.4. The molecule has 0 atom stereocenters. The third kappa shape index (κ3) is 2.59. The number of para-hydroxylation sites is 1. The van der Waals surface area contributed by atoms with Crippen molar-refractivity contribution < 1.29 is 18.3 Å². The van der Waals surface area contributed by atoms with Crippen LogP contribution in [0.25, 0.3) is 20.8 Å². The Labute approximate surface area is 129 Å². The fraction of sp³-hybridized carbons (Fsp3) is 0. The lowest BCUT2D eigenvalue weighted by Crippen LogP contribution is -2.16. The molecule has 8 heteroatoms. The smallest absolute Gasteiger partial charge is 0.337 e. The van der Waals surface area contributed by atoms with E-state index < -0.39 is 20.9 Å². The molecule has 1 heterocycles. The maximum absolute atomic E-state index is 11.4. The Bertz CT molecular complexity index is 960. The van der Waals surface area contributed by atoms with Crippen molar-refractivity contribution in [2.75, 3.05) is 0 Å². The standard InChI is InChI=1S/C14H10N2O4S2/c15-22(19,20)12-6-5-8(7-9(12)14(17)18)13-16-10-3-1-2-4-11(10)21-13/h1-7H,(H,17,18)(H2,15,19,20). The van der Waals surface area contributed by atoms with Crippen LogP contribution in [0.2, 0.25) is 0 Å². The van der Waals surface area contributed by atoms with Crippen LogP contribution in [-0.2, 0) is 10.0 Å². The van der Waals surface area contributed by atoms with Gasteiger partial charge in [0, 0.05) is 5.56 Å². The molecule has 112 valence electrons. The number of rotatable bonds is 3. The monoisotopic (exact) mass is 334 g/mol. The van der Waals surface area contributed by atoms with Crippen molar-refractivity contribution in [2.45, 2.75) is 4.90 Å². The van der Waals surface area contributed by atoms with Gasteiger partial charge in [0.25, 0.3) is 0 Å². The molecular weight excluding hydrogens is 324 g/mol. The van der Waals surface area contributed by atoms with E-state index in [1.165, 1.54) is 29.5 Å². The normalized spacial score (nSPS) is 11.7. The molecule has 0 aliphatic heterocycles. The van der Waals surface area contributed by atoms with Crippen LogP contribution in [0, 0.1) is 0 Å². The fourth-order valence-electron chi connectivity index (χ4n) is 2.07. The number of carboxylic acid groups (broad SMARTS) is 1. The van der Waals surface area contributed by atoms with Crippen LogP contribution < -0.4 is 5.14 Å². The van der Waals surface area contributed by atoms with Gasteiger partial charge in [-0.25, -0.2) is 23.3 Å². The molecule has 0 aliphatic rings. The Morgan fingerprint density at radius 2 is 1.91 bits per heavy atom. The van der Waals surface area contributed by atoms with Gasteiger partial charge < -0.3 is 5.11 Å². The van der Waals surface area contributed by atoms with Gasteiger partial charge in [0.05, 0.1) is 20.7 Å². The number of primary sulfonamides is 1. The summed E-state index contributed by atoms with van der Waals surface area (Å²) in [5, 5.41) is 14.9. The second kappa shape index (κ2) is 5.16. The highest BCUT2D eigenvalue weighted by molar-refractivity contribution is 7.89. The number of hydrogen-bond donors (Lipinski definition) is 2. The molecule has 0 fully saturated rings. The van der Waals surface area contributed by atoms with Crippen molar-refractivity contribution in [3.63, 3.8) is 0 Å². The summed E-state index contributed by atoms with van der Waals surface area (Å²) in [6.45, 7) is 0. The molecule has 0 saturated heterocycles. The minimum atomic E-state index is -4.10. The fourth-order valence-corrected chi connectivity index (χ4v) is 3.75. The molecular formula is C14H10N2O4S2. The van der Waals surface area contributed by atoms with Gasteiger partial charge in [0.2, 0.25) is 10.0 Å². The van der Waals surface area contributed by atoms with E-state index in [0.717, 1.165) is 10.2 Å². The van der Waals surface area contributed by atoms with Crippen molar-refractivity contribution in [1.82, 2.24) is 4.98 Å². The number of carbonyl (C=O) groups is 1. The number of nitrogens with zero attached hydrogens (tertiary/aromatic N) is 1. The van der Waals surface area contributed by atoms with Crippen LogP contribution in [0.4, 0.5) is 0 Å². The zero-order chi connectivity index (χ0) is 15.9.